The van der Waals surface area contributed by atoms with Crippen molar-refractivity contribution in [2.24, 2.45) is 0 Å². The second-order valence-electron chi connectivity index (χ2n) is 10.8. The van der Waals surface area contributed by atoms with Crippen LogP contribution in [-0.2, 0) is 16.8 Å². The molecule has 2 saturated heterocycles. The molecule has 0 bridgehead atoms. The molecule has 4 aromatic rings. The first kappa shape index (κ1) is 26.1. The number of nitrogens with zero attached hydrogens (tertiary/aromatic N) is 9. The van der Waals surface area contributed by atoms with Crippen molar-refractivity contribution in [3.05, 3.63) is 65.1 Å². The van der Waals surface area contributed by atoms with Crippen molar-refractivity contribution in [2.75, 3.05) is 56.5 Å². The zero-order valence-corrected chi connectivity index (χ0v) is 23.3. The first-order valence-electron chi connectivity index (χ1n) is 13.3. The summed E-state index contributed by atoms with van der Waals surface area (Å²) < 4.78 is 3.38. The van der Waals surface area contributed by atoms with Gasteiger partial charge in [-0.1, -0.05) is 23.7 Å². The summed E-state index contributed by atoms with van der Waals surface area (Å²) in [6.07, 6.45) is 5.75. The summed E-state index contributed by atoms with van der Waals surface area (Å²) in [5.74, 6) is 0.503. The van der Waals surface area contributed by atoms with E-state index in [0.29, 0.717) is 31.1 Å². The number of amides is 1. The standard InChI is InChI=1S/C28H31ClN10O/c1-20-14-21(5-6-23(20)29)28(7-8-30)18-37(19-28)24-4-3-9-39-26(24)33-27(34-39)32-22-15-31-38(16-22)17-25(40)36-12-10-35(2)11-13-36/h3-6,9,14-16H,7,10-13,17-19H2,1-2H3,(H,32,34). The van der Waals surface area contributed by atoms with Crippen LogP contribution in [0, 0.1) is 18.3 Å². The maximum atomic E-state index is 12.7. The summed E-state index contributed by atoms with van der Waals surface area (Å²) in [5.41, 5.74) is 4.27. The molecule has 206 valence electrons. The largest absolute Gasteiger partial charge is 0.366 e. The van der Waals surface area contributed by atoms with Gasteiger partial charge >= 0.3 is 0 Å². The number of aryl methyl sites for hydroxylation is 1. The molecule has 0 aliphatic carbocycles. The van der Waals surface area contributed by atoms with E-state index in [-0.39, 0.29) is 17.9 Å². The predicted octanol–water partition coefficient (Wildman–Crippen LogP) is 3.08. The number of pyridine rings is 1. The van der Waals surface area contributed by atoms with Gasteiger partial charge in [-0.3, -0.25) is 9.48 Å². The molecule has 3 aromatic heterocycles. The number of rotatable bonds is 7. The number of likely N-dealkylation sites (N-methyl/N-ethyl adjacent to an activating group) is 1. The first-order valence-corrected chi connectivity index (χ1v) is 13.7. The van der Waals surface area contributed by atoms with Gasteiger partial charge in [0.2, 0.25) is 11.9 Å². The fourth-order valence-corrected chi connectivity index (χ4v) is 5.62. The van der Waals surface area contributed by atoms with Crippen LogP contribution in [0.5, 0.6) is 0 Å². The van der Waals surface area contributed by atoms with E-state index in [1.54, 1.807) is 21.6 Å². The van der Waals surface area contributed by atoms with E-state index in [0.717, 1.165) is 53.7 Å². The Morgan fingerprint density at radius 3 is 2.75 bits per heavy atom. The van der Waals surface area contributed by atoms with Gasteiger partial charge in [-0.25, -0.2) is 4.52 Å². The van der Waals surface area contributed by atoms with Gasteiger partial charge in [-0.15, -0.1) is 5.10 Å². The van der Waals surface area contributed by atoms with Crippen LogP contribution in [-0.4, -0.2) is 86.4 Å². The molecule has 2 fully saturated rings. The molecule has 2 aliphatic rings. The van der Waals surface area contributed by atoms with Crippen molar-refractivity contribution < 1.29 is 4.79 Å². The Labute approximate surface area is 237 Å². The fraction of sp³-hybridized carbons (Fsp3) is 0.393. The minimum Gasteiger partial charge on any atom is -0.366 e. The van der Waals surface area contributed by atoms with Gasteiger partial charge < -0.3 is 20.0 Å². The minimum atomic E-state index is -0.256. The number of carbonyl (C=O) groups excluding carboxylic acids is 1. The lowest BCUT2D eigenvalue weighted by Crippen LogP contribution is -2.59. The number of hydrogen-bond donors (Lipinski definition) is 1. The van der Waals surface area contributed by atoms with E-state index in [9.17, 15) is 10.1 Å². The third-order valence-corrected chi connectivity index (χ3v) is 8.32. The predicted molar refractivity (Wildman–Crippen MR) is 153 cm³/mol. The van der Waals surface area contributed by atoms with Gasteiger partial charge in [0.1, 0.15) is 6.54 Å². The second-order valence-corrected chi connectivity index (χ2v) is 11.2. The van der Waals surface area contributed by atoms with Gasteiger partial charge in [-0.05, 0) is 43.3 Å². The van der Waals surface area contributed by atoms with Crippen molar-refractivity contribution in [3.8, 4) is 6.07 Å². The molecule has 5 heterocycles. The van der Waals surface area contributed by atoms with Gasteiger partial charge in [0.25, 0.3) is 0 Å². The quantitative estimate of drug-likeness (QED) is 0.368. The molecule has 2 aliphatic heterocycles. The molecule has 0 saturated carbocycles. The van der Waals surface area contributed by atoms with Crippen molar-refractivity contribution in [1.29, 1.82) is 5.26 Å². The van der Waals surface area contributed by atoms with Crippen LogP contribution in [0.4, 0.5) is 17.3 Å². The number of nitriles is 1. The Kier molecular flexibility index (Phi) is 6.82. The average Bonchev–Trinajstić information content (AvgIpc) is 3.54. The van der Waals surface area contributed by atoms with Gasteiger partial charge in [0.05, 0.1) is 23.6 Å². The van der Waals surface area contributed by atoms with Crippen molar-refractivity contribution in [3.63, 3.8) is 0 Å². The highest BCUT2D eigenvalue weighted by molar-refractivity contribution is 6.31. The molecular weight excluding hydrogens is 528 g/mol. The molecule has 0 atom stereocenters. The lowest BCUT2D eigenvalue weighted by molar-refractivity contribution is -0.133. The smallest absolute Gasteiger partial charge is 0.247 e. The Bertz CT molecular complexity index is 1590. The summed E-state index contributed by atoms with van der Waals surface area (Å²) in [4.78, 5) is 23.8. The lowest BCUT2D eigenvalue weighted by Gasteiger charge is -2.51. The summed E-state index contributed by atoms with van der Waals surface area (Å²) in [5, 5.41) is 22.5. The number of aromatic nitrogens is 5. The molecule has 0 unspecified atom stereocenters. The molecule has 1 aromatic carbocycles. The topological polar surface area (TPSA) is 111 Å². The van der Waals surface area contributed by atoms with E-state index in [4.69, 9.17) is 16.6 Å². The van der Waals surface area contributed by atoms with Crippen molar-refractivity contribution in [2.45, 2.75) is 25.3 Å². The number of carbonyl (C=O) groups is 1. The third-order valence-electron chi connectivity index (χ3n) is 7.90. The summed E-state index contributed by atoms with van der Waals surface area (Å²) in [6.45, 7) is 6.83. The minimum absolute atomic E-state index is 0.0639. The number of hydrogen-bond acceptors (Lipinski definition) is 8. The van der Waals surface area contributed by atoms with Crippen LogP contribution in [0.1, 0.15) is 17.5 Å². The highest BCUT2D eigenvalue weighted by Crippen LogP contribution is 2.42. The van der Waals surface area contributed by atoms with Crippen LogP contribution in [0.15, 0.2) is 48.9 Å². The summed E-state index contributed by atoms with van der Waals surface area (Å²) >= 11 is 6.26. The van der Waals surface area contributed by atoms with Gasteiger partial charge in [-0.2, -0.15) is 15.3 Å². The van der Waals surface area contributed by atoms with E-state index < -0.39 is 0 Å². The first-order chi connectivity index (χ1) is 19.3. The molecule has 12 heteroatoms. The van der Waals surface area contributed by atoms with E-state index in [1.807, 2.05) is 42.3 Å². The number of benzene rings is 1. The van der Waals surface area contributed by atoms with E-state index in [1.165, 1.54) is 0 Å². The van der Waals surface area contributed by atoms with E-state index in [2.05, 4.69) is 44.5 Å². The van der Waals surface area contributed by atoms with Crippen molar-refractivity contribution in [1.82, 2.24) is 34.2 Å². The highest BCUT2D eigenvalue weighted by atomic mass is 35.5. The van der Waals surface area contributed by atoms with Crippen LogP contribution in [0.2, 0.25) is 5.02 Å². The third kappa shape index (κ3) is 4.96. The Hall–Kier alpha value is -4.14. The van der Waals surface area contributed by atoms with Crippen LogP contribution in [0.25, 0.3) is 5.65 Å². The Morgan fingerprint density at radius 2 is 2.00 bits per heavy atom. The molecule has 6 rings (SSSR count). The van der Waals surface area contributed by atoms with Gasteiger partial charge in [0, 0.05) is 68.5 Å². The maximum Gasteiger partial charge on any atom is 0.247 e. The zero-order valence-electron chi connectivity index (χ0n) is 22.6. The van der Waals surface area contributed by atoms with Crippen molar-refractivity contribution >= 4 is 40.5 Å². The summed E-state index contributed by atoms with van der Waals surface area (Å²) in [7, 11) is 2.07. The van der Waals surface area contributed by atoms with Crippen LogP contribution >= 0.6 is 11.6 Å². The highest BCUT2D eigenvalue weighted by Gasteiger charge is 2.45. The Morgan fingerprint density at radius 1 is 1.20 bits per heavy atom. The van der Waals surface area contributed by atoms with E-state index >= 15 is 0 Å². The maximum absolute atomic E-state index is 12.7. The van der Waals surface area contributed by atoms with Crippen LogP contribution in [0.3, 0.4) is 0 Å². The number of piperazine rings is 1. The van der Waals surface area contributed by atoms with Gasteiger partial charge in [0.15, 0.2) is 5.65 Å². The SMILES string of the molecule is Cc1cc(C2(CC#N)CN(c3cccn4nc(Nc5cnn(CC(=O)N6CCN(C)CC6)c5)nc34)C2)ccc1Cl. The number of halogens is 1. The summed E-state index contributed by atoms with van der Waals surface area (Å²) in [6, 6.07) is 12.4. The number of nitrogens with one attached hydrogen (secondary N) is 1. The number of fused-ring (bicyclic) bond motifs is 1. The Balaban J connectivity index is 1.15. The van der Waals surface area contributed by atoms with Crippen LogP contribution < -0.4 is 10.2 Å². The monoisotopic (exact) mass is 558 g/mol. The zero-order chi connectivity index (χ0) is 27.9. The molecule has 40 heavy (non-hydrogen) atoms. The molecular formula is C28H31ClN10O. The molecule has 0 radical (unpaired) electrons. The molecule has 0 spiro atoms. The normalized spacial score (nSPS) is 17.1. The molecule has 1 amide bonds. The lowest BCUT2D eigenvalue weighted by atomic mass is 9.71. The molecule has 11 nitrogen and oxygen atoms in total. The second kappa shape index (κ2) is 10.4. The number of anilines is 3. The average molecular weight is 559 g/mol. The fourth-order valence-electron chi connectivity index (χ4n) is 5.51. The molecule has 1 N–H and O–H groups in total.